The van der Waals surface area contributed by atoms with E-state index in [4.69, 9.17) is 21.1 Å². The predicted octanol–water partition coefficient (Wildman–Crippen LogP) is 4.73. The van der Waals surface area contributed by atoms with Crippen LogP contribution < -0.4 is 14.9 Å². The molecule has 0 aliphatic heterocycles. The summed E-state index contributed by atoms with van der Waals surface area (Å²) in [5.74, 6) is 0.924. The van der Waals surface area contributed by atoms with E-state index >= 15 is 0 Å². The Morgan fingerprint density at radius 1 is 1.27 bits per heavy atom. The summed E-state index contributed by atoms with van der Waals surface area (Å²) in [6.07, 6.45) is 1.54. The van der Waals surface area contributed by atoms with Crippen molar-refractivity contribution < 1.29 is 14.3 Å². The highest BCUT2D eigenvalue weighted by molar-refractivity contribution is 7.21. The Balaban J connectivity index is 1.73. The number of methoxy groups -OCH3 is 1. The first-order valence-electron chi connectivity index (χ1n) is 7.95. The molecule has 0 saturated carbocycles. The van der Waals surface area contributed by atoms with Crippen LogP contribution >= 0.6 is 22.9 Å². The van der Waals surface area contributed by atoms with Crippen molar-refractivity contribution in [3.05, 3.63) is 57.9 Å². The summed E-state index contributed by atoms with van der Waals surface area (Å²) in [6, 6.07) is 13.0. The highest BCUT2D eigenvalue weighted by atomic mass is 35.5. The van der Waals surface area contributed by atoms with Gasteiger partial charge in [-0.05, 0) is 36.8 Å². The highest BCUT2D eigenvalue weighted by Crippen LogP contribution is 2.35. The van der Waals surface area contributed by atoms with Crippen LogP contribution in [0.5, 0.6) is 11.5 Å². The number of carbonyl (C=O) groups excluding carboxylic acids is 1. The van der Waals surface area contributed by atoms with Gasteiger partial charge in [0.05, 0.1) is 25.0 Å². The molecule has 7 heteroatoms. The Morgan fingerprint density at radius 3 is 2.81 bits per heavy atom. The standard InChI is InChI=1S/C19H17ClN2O3S/c1-3-25-14-9-8-12(10-15(14)24-2)11-21-22-19(23)18-17(20)13-6-4-5-7-16(13)26-18/h4-11H,3H2,1-2H3,(H,22,23). The molecule has 0 saturated heterocycles. The van der Waals surface area contributed by atoms with Crippen molar-refractivity contribution in [2.24, 2.45) is 5.10 Å². The van der Waals surface area contributed by atoms with Gasteiger partial charge in [0, 0.05) is 10.1 Å². The molecule has 0 aliphatic rings. The van der Waals surface area contributed by atoms with Gasteiger partial charge >= 0.3 is 0 Å². The van der Waals surface area contributed by atoms with Crippen molar-refractivity contribution in [1.29, 1.82) is 0 Å². The topological polar surface area (TPSA) is 59.9 Å². The fraction of sp³-hybridized carbons (Fsp3) is 0.158. The third kappa shape index (κ3) is 3.81. The molecule has 1 heterocycles. The average molecular weight is 389 g/mol. The van der Waals surface area contributed by atoms with Gasteiger partial charge in [0.1, 0.15) is 4.88 Å². The summed E-state index contributed by atoms with van der Waals surface area (Å²) in [7, 11) is 1.57. The molecule has 1 amide bonds. The van der Waals surface area contributed by atoms with E-state index in [-0.39, 0.29) is 5.91 Å². The van der Waals surface area contributed by atoms with E-state index < -0.39 is 0 Å². The fourth-order valence-corrected chi connectivity index (χ4v) is 3.82. The smallest absolute Gasteiger partial charge is 0.283 e. The fourth-order valence-electron chi connectivity index (χ4n) is 2.42. The van der Waals surface area contributed by atoms with Crippen molar-refractivity contribution in [2.75, 3.05) is 13.7 Å². The molecule has 26 heavy (non-hydrogen) atoms. The quantitative estimate of drug-likeness (QED) is 0.490. The molecule has 0 aliphatic carbocycles. The molecule has 0 unspecified atom stereocenters. The molecule has 1 N–H and O–H groups in total. The number of hydrogen-bond donors (Lipinski definition) is 1. The number of fused-ring (bicyclic) bond motifs is 1. The van der Waals surface area contributed by atoms with E-state index in [0.717, 1.165) is 15.6 Å². The third-order valence-electron chi connectivity index (χ3n) is 3.61. The molecule has 3 rings (SSSR count). The van der Waals surface area contributed by atoms with Crippen molar-refractivity contribution in [3.63, 3.8) is 0 Å². The van der Waals surface area contributed by atoms with Crippen LogP contribution in [-0.2, 0) is 0 Å². The minimum Gasteiger partial charge on any atom is -0.493 e. The Labute approximate surface area is 160 Å². The number of halogens is 1. The van der Waals surface area contributed by atoms with Gasteiger partial charge in [-0.2, -0.15) is 5.10 Å². The van der Waals surface area contributed by atoms with Crippen LogP contribution in [0.25, 0.3) is 10.1 Å². The first-order valence-corrected chi connectivity index (χ1v) is 9.14. The summed E-state index contributed by atoms with van der Waals surface area (Å²) < 4.78 is 11.7. The number of amides is 1. The first kappa shape index (κ1) is 18.2. The van der Waals surface area contributed by atoms with E-state index in [1.54, 1.807) is 19.2 Å². The monoisotopic (exact) mass is 388 g/mol. The van der Waals surface area contributed by atoms with Crippen molar-refractivity contribution in [1.82, 2.24) is 5.43 Å². The number of carbonyl (C=O) groups is 1. The molecule has 2 aromatic carbocycles. The summed E-state index contributed by atoms with van der Waals surface area (Å²) in [5.41, 5.74) is 3.28. The van der Waals surface area contributed by atoms with Gasteiger partial charge < -0.3 is 9.47 Å². The SMILES string of the molecule is CCOc1ccc(C=NNC(=O)c2sc3ccccc3c2Cl)cc1OC. The molecule has 0 fully saturated rings. The normalized spacial score (nSPS) is 11.0. The maximum absolute atomic E-state index is 12.3. The molecular weight excluding hydrogens is 372 g/mol. The minimum atomic E-state index is -0.342. The zero-order valence-electron chi connectivity index (χ0n) is 14.3. The molecule has 0 spiro atoms. The van der Waals surface area contributed by atoms with Crippen molar-refractivity contribution >= 4 is 45.1 Å². The van der Waals surface area contributed by atoms with Crippen LogP contribution in [0.1, 0.15) is 22.2 Å². The second kappa shape index (κ2) is 8.21. The van der Waals surface area contributed by atoms with Crippen LogP contribution in [0.3, 0.4) is 0 Å². The number of hydrogen-bond acceptors (Lipinski definition) is 5. The zero-order valence-corrected chi connectivity index (χ0v) is 15.9. The maximum atomic E-state index is 12.3. The molecule has 1 aromatic heterocycles. The molecule has 3 aromatic rings. The van der Waals surface area contributed by atoms with E-state index in [0.29, 0.717) is 28.0 Å². The van der Waals surface area contributed by atoms with Gasteiger partial charge in [-0.3, -0.25) is 4.79 Å². The zero-order chi connectivity index (χ0) is 18.5. The second-order valence-corrected chi connectivity index (χ2v) is 6.71. The van der Waals surface area contributed by atoms with Gasteiger partial charge in [0.2, 0.25) is 0 Å². The number of nitrogens with one attached hydrogen (secondary N) is 1. The van der Waals surface area contributed by atoms with Crippen LogP contribution in [0, 0.1) is 0 Å². The minimum absolute atomic E-state index is 0.342. The van der Waals surface area contributed by atoms with Gasteiger partial charge in [-0.15, -0.1) is 11.3 Å². The molecule has 0 radical (unpaired) electrons. The molecule has 134 valence electrons. The molecule has 0 bridgehead atoms. The second-order valence-electron chi connectivity index (χ2n) is 5.28. The van der Waals surface area contributed by atoms with Crippen LogP contribution in [-0.4, -0.2) is 25.8 Å². The number of nitrogens with zero attached hydrogens (tertiary/aromatic N) is 1. The van der Waals surface area contributed by atoms with E-state index in [1.165, 1.54) is 17.6 Å². The van der Waals surface area contributed by atoms with Crippen LogP contribution in [0.15, 0.2) is 47.6 Å². The Hall–Kier alpha value is -2.57. The first-order chi connectivity index (χ1) is 12.6. The third-order valence-corrected chi connectivity index (χ3v) is 5.28. The van der Waals surface area contributed by atoms with Gasteiger partial charge in [0.25, 0.3) is 5.91 Å². The predicted molar refractivity (Wildman–Crippen MR) is 106 cm³/mol. The van der Waals surface area contributed by atoms with Gasteiger partial charge in [-0.1, -0.05) is 29.8 Å². The van der Waals surface area contributed by atoms with Crippen molar-refractivity contribution in [3.8, 4) is 11.5 Å². The van der Waals surface area contributed by atoms with E-state index in [2.05, 4.69) is 10.5 Å². The number of ether oxygens (including phenoxy) is 2. The van der Waals surface area contributed by atoms with Crippen molar-refractivity contribution in [2.45, 2.75) is 6.92 Å². The maximum Gasteiger partial charge on any atom is 0.283 e. The lowest BCUT2D eigenvalue weighted by molar-refractivity contribution is 0.0959. The average Bonchev–Trinajstić information content (AvgIpc) is 3.00. The number of thiophene rings is 1. The molecule has 5 nitrogen and oxygen atoms in total. The largest absolute Gasteiger partial charge is 0.493 e. The molecular formula is C19H17ClN2O3S. The Bertz CT molecular complexity index is 969. The lowest BCUT2D eigenvalue weighted by Gasteiger charge is -2.09. The van der Waals surface area contributed by atoms with E-state index in [1.807, 2.05) is 37.3 Å². The highest BCUT2D eigenvalue weighted by Gasteiger charge is 2.16. The van der Waals surface area contributed by atoms with Gasteiger partial charge in [0.15, 0.2) is 11.5 Å². The van der Waals surface area contributed by atoms with Crippen LogP contribution in [0.4, 0.5) is 0 Å². The lowest BCUT2D eigenvalue weighted by Crippen LogP contribution is -2.16. The summed E-state index contributed by atoms with van der Waals surface area (Å²) in [6.45, 7) is 2.46. The number of benzene rings is 2. The number of hydrazone groups is 1. The molecule has 0 atom stereocenters. The lowest BCUT2D eigenvalue weighted by atomic mass is 10.2. The number of rotatable bonds is 6. The van der Waals surface area contributed by atoms with Crippen LogP contribution in [0.2, 0.25) is 5.02 Å². The summed E-state index contributed by atoms with van der Waals surface area (Å²) in [4.78, 5) is 12.8. The summed E-state index contributed by atoms with van der Waals surface area (Å²) >= 11 is 7.64. The summed E-state index contributed by atoms with van der Waals surface area (Å²) in [5, 5.41) is 5.32. The van der Waals surface area contributed by atoms with Gasteiger partial charge in [-0.25, -0.2) is 5.43 Å². The Kier molecular flexibility index (Phi) is 5.75. The van der Waals surface area contributed by atoms with E-state index in [9.17, 15) is 4.79 Å². The Morgan fingerprint density at radius 2 is 2.08 bits per heavy atom.